The summed E-state index contributed by atoms with van der Waals surface area (Å²) in [6.07, 6.45) is 57.6. The summed E-state index contributed by atoms with van der Waals surface area (Å²) < 4.78 is 0. The molecule has 0 rings (SSSR count). The summed E-state index contributed by atoms with van der Waals surface area (Å²) in [6.45, 7) is 4.18. The van der Waals surface area contributed by atoms with Gasteiger partial charge in [0.2, 0.25) is 5.91 Å². The lowest BCUT2D eigenvalue weighted by Gasteiger charge is -2.21. The minimum atomic E-state index is -1.11. The van der Waals surface area contributed by atoms with Crippen LogP contribution in [0, 0.1) is 0 Å². The SMILES string of the molecule is CCCCCCCCCCCCCC/C=C/CC/C=C/CC/C=C/C(O)C(CO)NC(=O)C(O)CCCCCCCCCCCCCCCCCCCCC. The Morgan fingerprint density at radius 2 is 0.745 bits per heavy atom. The summed E-state index contributed by atoms with van der Waals surface area (Å²) >= 11 is 0. The van der Waals surface area contributed by atoms with Gasteiger partial charge in [0.1, 0.15) is 6.10 Å². The molecule has 4 N–H and O–H groups in total. The molecule has 324 valence electrons. The Bertz CT molecular complexity index is 855. The van der Waals surface area contributed by atoms with Gasteiger partial charge in [-0.1, -0.05) is 243 Å². The predicted molar refractivity (Wildman–Crippen MR) is 241 cm³/mol. The number of unbranched alkanes of at least 4 members (excludes halogenated alkanes) is 32. The number of hydrogen-bond donors (Lipinski definition) is 4. The summed E-state index contributed by atoms with van der Waals surface area (Å²) in [4.78, 5) is 12.5. The maximum absolute atomic E-state index is 12.5. The van der Waals surface area contributed by atoms with Gasteiger partial charge >= 0.3 is 0 Å². The van der Waals surface area contributed by atoms with E-state index in [0.29, 0.717) is 6.42 Å². The minimum Gasteiger partial charge on any atom is -0.394 e. The first-order valence-electron chi connectivity index (χ1n) is 24.3. The normalized spacial score (nSPS) is 13.8. The van der Waals surface area contributed by atoms with E-state index < -0.39 is 24.2 Å². The molecule has 0 aliphatic rings. The van der Waals surface area contributed by atoms with Gasteiger partial charge < -0.3 is 20.6 Å². The van der Waals surface area contributed by atoms with E-state index in [1.54, 1.807) is 6.08 Å². The van der Waals surface area contributed by atoms with E-state index >= 15 is 0 Å². The van der Waals surface area contributed by atoms with E-state index in [-0.39, 0.29) is 6.61 Å². The van der Waals surface area contributed by atoms with Crippen molar-refractivity contribution in [2.45, 2.75) is 270 Å². The summed E-state index contributed by atoms with van der Waals surface area (Å²) in [5, 5.41) is 33.2. The van der Waals surface area contributed by atoms with Gasteiger partial charge in [-0.15, -0.1) is 0 Å². The maximum Gasteiger partial charge on any atom is 0.249 e. The van der Waals surface area contributed by atoms with Gasteiger partial charge in [-0.2, -0.15) is 0 Å². The number of hydrogen-bond acceptors (Lipinski definition) is 4. The third-order valence-corrected chi connectivity index (χ3v) is 11.2. The lowest BCUT2D eigenvalue weighted by Crippen LogP contribution is -2.48. The highest BCUT2D eigenvalue weighted by Gasteiger charge is 2.22. The largest absolute Gasteiger partial charge is 0.394 e. The minimum absolute atomic E-state index is 0.379. The van der Waals surface area contributed by atoms with Crippen LogP contribution >= 0.6 is 0 Å². The van der Waals surface area contributed by atoms with Crippen molar-refractivity contribution >= 4 is 5.91 Å². The lowest BCUT2D eigenvalue weighted by molar-refractivity contribution is -0.131. The van der Waals surface area contributed by atoms with Gasteiger partial charge in [-0.25, -0.2) is 0 Å². The molecule has 0 radical (unpaired) electrons. The Balaban J connectivity index is 3.69. The lowest BCUT2D eigenvalue weighted by atomic mass is 10.0. The van der Waals surface area contributed by atoms with Crippen LogP contribution < -0.4 is 5.32 Å². The number of rotatable bonds is 44. The molecular weight excluding hydrogens is 679 g/mol. The Morgan fingerprint density at radius 3 is 1.11 bits per heavy atom. The van der Waals surface area contributed by atoms with Crippen LogP contribution in [0.1, 0.15) is 251 Å². The van der Waals surface area contributed by atoms with Crippen molar-refractivity contribution in [1.29, 1.82) is 0 Å². The summed E-state index contributed by atoms with van der Waals surface area (Å²) in [7, 11) is 0. The topological polar surface area (TPSA) is 89.8 Å². The van der Waals surface area contributed by atoms with Gasteiger partial charge in [-0.3, -0.25) is 4.79 Å². The molecule has 5 heteroatoms. The number of aliphatic hydroxyl groups excluding tert-OH is 3. The molecule has 5 nitrogen and oxygen atoms in total. The molecular formula is C50H95NO4. The van der Waals surface area contributed by atoms with E-state index in [1.807, 2.05) is 6.08 Å². The Kier molecular flexibility index (Phi) is 44.1. The van der Waals surface area contributed by atoms with E-state index in [4.69, 9.17) is 0 Å². The highest BCUT2D eigenvalue weighted by Crippen LogP contribution is 2.16. The Labute approximate surface area is 343 Å². The molecule has 0 aliphatic heterocycles. The zero-order chi connectivity index (χ0) is 40.1. The summed E-state index contributed by atoms with van der Waals surface area (Å²) in [6, 6.07) is -0.819. The molecule has 0 aromatic carbocycles. The van der Waals surface area contributed by atoms with Crippen LogP contribution in [0.15, 0.2) is 36.5 Å². The van der Waals surface area contributed by atoms with Crippen molar-refractivity contribution < 1.29 is 20.1 Å². The van der Waals surface area contributed by atoms with Crippen LogP contribution in [0.25, 0.3) is 0 Å². The molecule has 0 saturated heterocycles. The van der Waals surface area contributed by atoms with Crippen LogP contribution in [0.3, 0.4) is 0 Å². The first kappa shape index (κ1) is 53.6. The fourth-order valence-electron chi connectivity index (χ4n) is 7.39. The molecule has 0 aliphatic carbocycles. The zero-order valence-electron chi connectivity index (χ0n) is 36.8. The smallest absolute Gasteiger partial charge is 0.249 e. The highest BCUT2D eigenvalue weighted by atomic mass is 16.3. The molecule has 1 amide bonds. The van der Waals surface area contributed by atoms with E-state index in [9.17, 15) is 20.1 Å². The Morgan fingerprint density at radius 1 is 0.436 bits per heavy atom. The molecule has 3 unspecified atom stereocenters. The average Bonchev–Trinajstić information content (AvgIpc) is 3.19. The number of nitrogens with one attached hydrogen (secondary N) is 1. The van der Waals surface area contributed by atoms with Crippen molar-refractivity contribution in [3.05, 3.63) is 36.5 Å². The van der Waals surface area contributed by atoms with E-state index in [0.717, 1.165) is 44.9 Å². The standard InChI is InChI=1S/C50H95NO4/c1-3-5-7-9-11-13-15-17-19-21-23-24-25-27-28-30-32-34-36-38-40-42-44-48(53)47(46-52)51-50(55)49(54)45-43-41-39-37-35-33-31-29-26-22-20-18-16-14-12-10-8-6-4-2/h27-28,34,36,42,44,47-49,52-54H,3-26,29-33,35,37-41,43,45-46H2,1-2H3,(H,51,55)/b28-27+,36-34+,44-42+. The van der Waals surface area contributed by atoms with Gasteiger partial charge in [0.05, 0.1) is 18.8 Å². The maximum atomic E-state index is 12.5. The van der Waals surface area contributed by atoms with Crippen molar-refractivity contribution in [2.75, 3.05) is 6.61 Å². The molecule has 0 spiro atoms. The third-order valence-electron chi connectivity index (χ3n) is 11.2. The van der Waals surface area contributed by atoms with Crippen LogP contribution in [0.2, 0.25) is 0 Å². The quantitative estimate of drug-likeness (QED) is 0.0367. The second-order valence-electron chi connectivity index (χ2n) is 16.7. The number of amides is 1. The number of aliphatic hydroxyl groups is 3. The molecule has 55 heavy (non-hydrogen) atoms. The van der Waals surface area contributed by atoms with Crippen LogP contribution in [-0.2, 0) is 4.79 Å². The van der Waals surface area contributed by atoms with Crippen LogP contribution in [0.4, 0.5) is 0 Å². The van der Waals surface area contributed by atoms with Crippen molar-refractivity contribution in [3.8, 4) is 0 Å². The van der Waals surface area contributed by atoms with Crippen molar-refractivity contribution in [1.82, 2.24) is 5.32 Å². The summed E-state index contributed by atoms with van der Waals surface area (Å²) in [5.74, 6) is -0.514. The van der Waals surface area contributed by atoms with Crippen LogP contribution in [0.5, 0.6) is 0 Å². The first-order chi connectivity index (χ1) is 27.1. The van der Waals surface area contributed by atoms with E-state index in [2.05, 4.69) is 43.5 Å². The predicted octanol–water partition coefficient (Wildman–Crippen LogP) is 14.3. The van der Waals surface area contributed by atoms with Gasteiger partial charge in [0.15, 0.2) is 0 Å². The average molecular weight is 774 g/mol. The van der Waals surface area contributed by atoms with E-state index in [1.165, 1.54) is 186 Å². The second-order valence-corrected chi connectivity index (χ2v) is 16.7. The molecule has 0 fully saturated rings. The number of carbonyl (C=O) groups excluding carboxylic acids is 1. The molecule has 0 bridgehead atoms. The molecule has 0 aromatic heterocycles. The second kappa shape index (κ2) is 45.3. The van der Waals surface area contributed by atoms with Gasteiger partial charge in [0.25, 0.3) is 0 Å². The Hall–Kier alpha value is -1.43. The molecule has 0 saturated carbocycles. The number of carbonyl (C=O) groups is 1. The van der Waals surface area contributed by atoms with Gasteiger partial charge in [-0.05, 0) is 44.9 Å². The van der Waals surface area contributed by atoms with Crippen LogP contribution in [-0.4, -0.2) is 46.1 Å². The first-order valence-corrected chi connectivity index (χ1v) is 24.3. The zero-order valence-corrected chi connectivity index (χ0v) is 36.8. The fourth-order valence-corrected chi connectivity index (χ4v) is 7.39. The molecule has 3 atom stereocenters. The monoisotopic (exact) mass is 774 g/mol. The number of allylic oxidation sites excluding steroid dienone is 5. The van der Waals surface area contributed by atoms with Gasteiger partial charge in [0, 0.05) is 0 Å². The highest BCUT2D eigenvalue weighted by molar-refractivity contribution is 5.80. The fraction of sp³-hybridized carbons (Fsp3) is 0.860. The third kappa shape index (κ3) is 40.6. The van der Waals surface area contributed by atoms with Crippen molar-refractivity contribution in [2.24, 2.45) is 0 Å². The molecule has 0 heterocycles. The molecule has 0 aromatic rings. The summed E-state index contributed by atoms with van der Waals surface area (Å²) in [5.41, 5.74) is 0. The van der Waals surface area contributed by atoms with Crippen molar-refractivity contribution in [3.63, 3.8) is 0 Å².